The number of aromatic nitrogens is 1. The van der Waals surface area contributed by atoms with E-state index in [4.69, 9.17) is 4.74 Å². The Kier molecular flexibility index (Phi) is 8.36. The van der Waals surface area contributed by atoms with Crippen molar-refractivity contribution in [1.82, 2.24) is 20.1 Å². The molecule has 3 heterocycles. The molecule has 2 aromatic rings. The summed E-state index contributed by atoms with van der Waals surface area (Å²) in [6.07, 6.45) is 2.91. The highest BCUT2D eigenvalue weighted by Crippen LogP contribution is 2.23. The third-order valence-corrected chi connectivity index (χ3v) is 7.06. The highest BCUT2D eigenvalue weighted by Gasteiger charge is 2.23. The van der Waals surface area contributed by atoms with Gasteiger partial charge in [0.15, 0.2) is 0 Å². The summed E-state index contributed by atoms with van der Waals surface area (Å²) in [6, 6.07) is 11.8. The van der Waals surface area contributed by atoms with Crippen LogP contribution in [0, 0.1) is 5.92 Å². The molecule has 2 aliphatic rings. The van der Waals surface area contributed by atoms with Gasteiger partial charge >= 0.3 is 0 Å². The number of carbonyl (C=O) groups excluding carboxylic acids is 2. The molecule has 1 aromatic carbocycles. The van der Waals surface area contributed by atoms with Crippen LogP contribution in [0.15, 0.2) is 36.4 Å². The van der Waals surface area contributed by atoms with Crippen molar-refractivity contribution in [2.45, 2.75) is 45.3 Å². The topological polar surface area (TPSA) is 95.0 Å². The number of aliphatic hydroxyl groups is 1. The summed E-state index contributed by atoms with van der Waals surface area (Å²) in [5.41, 5.74) is 3.96. The average molecular weight is 481 g/mol. The van der Waals surface area contributed by atoms with Gasteiger partial charge < -0.3 is 20.1 Å². The Bertz CT molecular complexity index is 1040. The summed E-state index contributed by atoms with van der Waals surface area (Å²) in [5.74, 6) is 0.689. The molecule has 0 radical (unpaired) electrons. The lowest BCUT2D eigenvalue weighted by molar-refractivity contribution is -0.130. The summed E-state index contributed by atoms with van der Waals surface area (Å²) in [6.45, 7) is 5.54. The first-order valence-corrected chi connectivity index (χ1v) is 12.5. The van der Waals surface area contributed by atoms with Crippen LogP contribution >= 0.6 is 0 Å². The molecule has 1 atom stereocenters. The van der Waals surface area contributed by atoms with Gasteiger partial charge in [-0.2, -0.15) is 0 Å². The number of amides is 2. The first kappa shape index (κ1) is 25.1. The maximum atomic E-state index is 12.9. The van der Waals surface area contributed by atoms with Crippen LogP contribution in [-0.2, 0) is 24.2 Å². The monoisotopic (exact) mass is 480 g/mol. The molecule has 1 saturated heterocycles. The highest BCUT2D eigenvalue weighted by atomic mass is 16.5. The number of ether oxygens (including phenoxy) is 1. The smallest absolute Gasteiger partial charge is 0.251 e. The van der Waals surface area contributed by atoms with E-state index in [1.54, 1.807) is 20.1 Å². The Morgan fingerprint density at radius 3 is 2.63 bits per heavy atom. The molecule has 35 heavy (non-hydrogen) atoms. The van der Waals surface area contributed by atoms with Crippen LogP contribution in [0.5, 0.6) is 5.88 Å². The molecule has 8 heteroatoms. The fraction of sp³-hybridized carbons (Fsp3) is 0.519. The van der Waals surface area contributed by atoms with Crippen LogP contribution in [-0.4, -0.2) is 77.6 Å². The number of rotatable bonds is 8. The minimum atomic E-state index is -0.654. The number of methoxy groups -OCH3 is 1. The molecule has 2 aliphatic heterocycles. The van der Waals surface area contributed by atoms with Crippen LogP contribution in [0.2, 0.25) is 0 Å². The molecule has 2 N–H and O–H groups in total. The van der Waals surface area contributed by atoms with E-state index in [1.165, 1.54) is 11.1 Å². The van der Waals surface area contributed by atoms with E-state index in [2.05, 4.69) is 33.4 Å². The number of benzene rings is 1. The van der Waals surface area contributed by atoms with Gasteiger partial charge in [-0.1, -0.05) is 24.3 Å². The zero-order valence-electron chi connectivity index (χ0n) is 20.7. The number of nitrogens with zero attached hydrogens (tertiary/aromatic N) is 3. The van der Waals surface area contributed by atoms with E-state index in [-0.39, 0.29) is 18.4 Å². The van der Waals surface area contributed by atoms with E-state index >= 15 is 0 Å². The molecule has 0 aliphatic carbocycles. The van der Waals surface area contributed by atoms with Crippen LogP contribution < -0.4 is 10.1 Å². The Morgan fingerprint density at radius 2 is 1.91 bits per heavy atom. The van der Waals surface area contributed by atoms with Gasteiger partial charge in [0.2, 0.25) is 11.8 Å². The number of pyridine rings is 1. The van der Waals surface area contributed by atoms with Crippen molar-refractivity contribution in [1.29, 1.82) is 0 Å². The van der Waals surface area contributed by atoms with E-state index < -0.39 is 6.10 Å². The second-order valence-corrected chi connectivity index (χ2v) is 9.66. The summed E-state index contributed by atoms with van der Waals surface area (Å²) in [4.78, 5) is 33.1. The quantitative estimate of drug-likeness (QED) is 0.601. The first-order valence-electron chi connectivity index (χ1n) is 12.5. The predicted octanol–water partition coefficient (Wildman–Crippen LogP) is 2.04. The number of hydrogen-bond acceptors (Lipinski definition) is 6. The normalized spacial score (nSPS) is 17.5. The summed E-state index contributed by atoms with van der Waals surface area (Å²) >= 11 is 0. The van der Waals surface area contributed by atoms with Crippen LogP contribution in [0.3, 0.4) is 0 Å². The van der Waals surface area contributed by atoms with E-state index in [9.17, 15) is 14.7 Å². The number of aliphatic hydroxyl groups excluding tert-OH is 1. The van der Waals surface area contributed by atoms with Crippen LogP contribution in [0.25, 0.3) is 0 Å². The number of fused-ring (bicyclic) bond motifs is 1. The van der Waals surface area contributed by atoms with E-state index in [0.717, 1.165) is 57.6 Å². The zero-order chi connectivity index (χ0) is 24.8. The number of piperidine rings is 1. The molecule has 0 unspecified atom stereocenters. The average Bonchev–Trinajstić information content (AvgIpc) is 2.87. The van der Waals surface area contributed by atoms with Crippen LogP contribution in [0.4, 0.5) is 0 Å². The third-order valence-electron chi connectivity index (χ3n) is 7.06. The van der Waals surface area contributed by atoms with Gasteiger partial charge in [-0.15, -0.1) is 0 Å². The molecule has 2 amide bonds. The van der Waals surface area contributed by atoms with Gasteiger partial charge in [-0.05, 0) is 48.8 Å². The number of β-amino-alcohol motifs (C(OH)–C–C–N with tert-alkyl or cyclic N) is 1. The molecule has 8 nitrogen and oxygen atoms in total. The second-order valence-electron chi connectivity index (χ2n) is 9.66. The number of carbonyl (C=O) groups is 2. The highest BCUT2D eigenvalue weighted by molar-refractivity contribution is 5.94. The molecule has 4 rings (SSSR count). The fourth-order valence-electron chi connectivity index (χ4n) is 5.03. The SMILES string of the molecule is COc1cc(C(=O)NC[C@H](O)CN2CCc3ccccc3C2)cc(CC2CCN(C(C)=O)CC2)n1. The van der Waals surface area contributed by atoms with Crippen molar-refractivity contribution in [2.75, 3.05) is 39.8 Å². The Balaban J connectivity index is 1.29. The van der Waals surface area contributed by atoms with Gasteiger partial charge in [0.25, 0.3) is 5.91 Å². The van der Waals surface area contributed by atoms with Gasteiger partial charge in [0.1, 0.15) is 0 Å². The number of nitrogens with one attached hydrogen (secondary N) is 1. The zero-order valence-corrected chi connectivity index (χ0v) is 20.7. The lowest BCUT2D eigenvalue weighted by atomic mass is 9.91. The molecule has 0 saturated carbocycles. The molecule has 188 valence electrons. The van der Waals surface area contributed by atoms with Crippen molar-refractivity contribution in [3.05, 3.63) is 58.8 Å². The Labute approximate surface area is 207 Å². The minimum absolute atomic E-state index is 0.120. The standard InChI is InChI=1S/C27H36N4O4/c1-19(32)31-11-7-20(8-12-31)13-24-14-23(15-26(29-24)35-2)27(34)28-16-25(33)18-30-10-9-21-5-3-4-6-22(21)17-30/h3-6,14-15,20,25,33H,7-13,16-18H2,1-2H3,(H,28,34)/t25-/m0/s1. The maximum absolute atomic E-state index is 12.9. The fourth-order valence-corrected chi connectivity index (χ4v) is 5.03. The van der Waals surface area contributed by atoms with Crippen molar-refractivity contribution in [3.63, 3.8) is 0 Å². The lowest BCUT2D eigenvalue weighted by Gasteiger charge is -2.31. The predicted molar refractivity (Wildman–Crippen MR) is 133 cm³/mol. The lowest BCUT2D eigenvalue weighted by Crippen LogP contribution is -2.42. The van der Waals surface area contributed by atoms with Crippen molar-refractivity contribution in [2.24, 2.45) is 5.92 Å². The molecular formula is C27H36N4O4. The van der Waals surface area contributed by atoms with Gasteiger partial charge in [0.05, 0.1) is 13.2 Å². The summed E-state index contributed by atoms with van der Waals surface area (Å²) in [7, 11) is 1.54. The third kappa shape index (κ3) is 6.80. The van der Waals surface area contributed by atoms with Gasteiger partial charge in [-0.25, -0.2) is 4.98 Å². The summed E-state index contributed by atoms with van der Waals surface area (Å²) < 4.78 is 5.34. The largest absolute Gasteiger partial charge is 0.481 e. The Morgan fingerprint density at radius 1 is 1.17 bits per heavy atom. The molecule has 1 fully saturated rings. The molecule has 0 spiro atoms. The molecular weight excluding hydrogens is 444 g/mol. The summed E-state index contributed by atoms with van der Waals surface area (Å²) in [5, 5.41) is 13.4. The van der Waals surface area contributed by atoms with E-state index in [1.807, 2.05) is 17.0 Å². The van der Waals surface area contributed by atoms with Crippen molar-refractivity contribution < 1.29 is 19.4 Å². The first-order chi connectivity index (χ1) is 16.9. The molecule has 0 bridgehead atoms. The maximum Gasteiger partial charge on any atom is 0.251 e. The van der Waals surface area contributed by atoms with E-state index in [0.29, 0.717) is 23.9 Å². The number of likely N-dealkylation sites (tertiary alicyclic amines) is 1. The van der Waals surface area contributed by atoms with Crippen molar-refractivity contribution in [3.8, 4) is 5.88 Å². The second kappa shape index (κ2) is 11.6. The Hall–Kier alpha value is -2.97. The minimum Gasteiger partial charge on any atom is -0.481 e. The van der Waals surface area contributed by atoms with Gasteiger partial charge in [0, 0.05) is 63.5 Å². The van der Waals surface area contributed by atoms with Crippen LogP contribution in [0.1, 0.15) is 46.9 Å². The molecule has 1 aromatic heterocycles. The van der Waals surface area contributed by atoms with Crippen molar-refractivity contribution >= 4 is 11.8 Å². The van der Waals surface area contributed by atoms with Gasteiger partial charge in [-0.3, -0.25) is 14.5 Å². The number of hydrogen-bond donors (Lipinski definition) is 2.